The zero-order chi connectivity index (χ0) is 15.4. The molecule has 0 saturated carbocycles. The first-order chi connectivity index (χ1) is 10.8. The highest BCUT2D eigenvalue weighted by Gasteiger charge is 2.23. The van der Waals surface area contributed by atoms with E-state index in [1.807, 2.05) is 59.3 Å². The molecule has 0 radical (unpaired) electrons. The number of rotatable bonds is 6. The van der Waals surface area contributed by atoms with E-state index in [1.54, 1.807) is 22.7 Å². The quantitative estimate of drug-likeness (QED) is 0.626. The van der Waals surface area contributed by atoms with Gasteiger partial charge in [-0.3, -0.25) is 0 Å². The van der Waals surface area contributed by atoms with Gasteiger partial charge in [0.15, 0.2) is 0 Å². The minimum absolute atomic E-state index is 0.321. The summed E-state index contributed by atoms with van der Waals surface area (Å²) in [5.41, 5.74) is 1.82. The summed E-state index contributed by atoms with van der Waals surface area (Å²) < 4.78 is 0. The van der Waals surface area contributed by atoms with E-state index in [-0.39, 0.29) is 11.8 Å². The molecule has 0 bridgehead atoms. The summed E-state index contributed by atoms with van der Waals surface area (Å²) in [6, 6.07) is 15.5. The lowest BCUT2D eigenvalue weighted by Gasteiger charge is -2.18. The van der Waals surface area contributed by atoms with Crippen molar-refractivity contribution < 1.29 is 9.59 Å². The predicted molar refractivity (Wildman–Crippen MR) is 90.9 cm³/mol. The molecule has 4 heteroatoms. The zero-order valence-corrected chi connectivity index (χ0v) is 13.3. The molecule has 2 aromatic heterocycles. The zero-order valence-electron chi connectivity index (χ0n) is 11.7. The minimum Gasteiger partial charge on any atom is -0.302 e. The van der Waals surface area contributed by atoms with Gasteiger partial charge in [-0.05, 0) is 34.0 Å². The molecule has 2 unspecified atom stereocenters. The van der Waals surface area contributed by atoms with Crippen LogP contribution in [0.3, 0.4) is 0 Å². The number of thiophene rings is 2. The number of aldehydes is 2. The van der Waals surface area contributed by atoms with Crippen LogP contribution in [0, 0.1) is 0 Å². The largest absolute Gasteiger partial charge is 0.302 e. The van der Waals surface area contributed by atoms with Crippen LogP contribution in [0.4, 0.5) is 0 Å². The third-order valence-corrected chi connectivity index (χ3v) is 5.55. The fourth-order valence-corrected chi connectivity index (χ4v) is 4.20. The van der Waals surface area contributed by atoms with Gasteiger partial charge >= 0.3 is 0 Å². The van der Waals surface area contributed by atoms with Crippen molar-refractivity contribution in [2.45, 2.75) is 11.8 Å². The lowest BCUT2D eigenvalue weighted by molar-refractivity contribution is -0.109. The van der Waals surface area contributed by atoms with Crippen molar-refractivity contribution in [3.05, 3.63) is 80.2 Å². The van der Waals surface area contributed by atoms with Gasteiger partial charge < -0.3 is 9.59 Å². The lowest BCUT2D eigenvalue weighted by atomic mass is 9.87. The van der Waals surface area contributed by atoms with Crippen LogP contribution in [0.5, 0.6) is 0 Å². The second kappa shape index (κ2) is 6.81. The maximum atomic E-state index is 11.7. The molecule has 0 amide bonds. The Morgan fingerprint density at radius 1 is 0.682 bits per heavy atom. The Morgan fingerprint density at radius 3 is 1.45 bits per heavy atom. The topological polar surface area (TPSA) is 34.1 Å². The SMILES string of the molecule is O=CC(c1cccs1)c1ccccc1C(C=O)c1cccs1. The molecule has 0 aliphatic heterocycles. The van der Waals surface area contributed by atoms with Gasteiger partial charge in [-0.15, -0.1) is 22.7 Å². The van der Waals surface area contributed by atoms with Crippen LogP contribution in [0.1, 0.15) is 32.7 Å². The Labute approximate surface area is 137 Å². The highest BCUT2D eigenvalue weighted by Crippen LogP contribution is 2.35. The van der Waals surface area contributed by atoms with Crippen molar-refractivity contribution >= 4 is 35.2 Å². The van der Waals surface area contributed by atoms with E-state index in [0.29, 0.717) is 0 Å². The molecule has 0 fully saturated rings. The molecular formula is C18H14O2S2. The number of hydrogen-bond acceptors (Lipinski definition) is 4. The Balaban J connectivity index is 2.10. The maximum absolute atomic E-state index is 11.7. The summed E-state index contributed by atoms with van der Waals surface area (Å²) in [6.07, 6.45) is 1.92. The molecule has 0 aliphatic rings. The van der Waals surface area contributed by atoms with Crippen LogP contribution in [0.2, 0.25) is 0 Å². The van der Waals surface area contributed by atoms with Crippen molar-refractivity contribution in [1.29, 1.82) is 0 Å². The van der Waals surface area contributed by atoms with Crippen molar-refractivity contribution in [2.24, 2.45) is 0 Å². The molecule has 0 N–H and O–H groups in total. The summed E-state index contributed by atoms with van der Waals surface area (Å²) in [7, 11) is 0. The lowest BCUT2D eigenvalue weighted by Crippen LogP contribution is -2.09. The van der Waals surface area contributed by atoms with Crippen LogP contribution in [-0.2, 0) is 9.59 Å². The summed E-state index contributed by atoms with van der Waals surface area (Å²) in [4.78, 5) is 25.3. The molecule has 1 aromatic carbocycles. The molecule has 3 aromatic rings. The molecule has 2 nitrogen and oxygen atoms in total. The first-order valence-corrected chi connectivity index (χ1v) is 8.67. The van der Waals surface area contributed by atoms with E-state index in [9.17, 15) is 9.59 Å². The van der Waals surface area contributed by atoms with Gasteiger partial charge in [0, 0.05) is 9.75 Å². The number of carbonyl (C=O) groups excluding carboxylic acids is 2. The minimum atomic E-state index is -0.321. The molecule has 3 rings (SSSR count). The van der Waals surface area contributed by atoms with Crippen LogP contribution >= 0.6 is 22.7 Å². The normalized spacial score (nSPS) is 13.5. The Hall–Kier alpha value is -2.04. The Morgan fingerprint density at radius 2 is 1.14 bits per heavy atom. The number of hydrogen-bond donors (Lipinski definition) is 0. The second-order valence-corrected chi connectivity index (χ2v) is 6.85. The fraction of sp³-hybridized carbons (Fsp3) is 0.111. The van der Waals surface area contributed by atoms with Gasteiger partial charge in [-0.2, -0.15) is 0 Å². The molecule has 2 atom stereocenters. The summed E-state index contributed by atoms with van der Waals surface area (Å²) in [5.74, 6) is -0.641. The maximum Gasteiger partial charge on any atom is 0.132 e. The second-order valence-electron chi connectivity index (χ2n) is 4.89. The fourth-order valence-electron chi connectivity index (χ4n) is 2.60. The van der Waals surface area contributed by atoms with Crippen LogP contribution in [0.15, 0.2) is 59.3 Å². The van der Waals surface area contributed by atoms with Gasteiger partial charge in [-0.1, -0.05) is 36.4 Å². The highest BCUT2D eigenvalue weighted by molar-refractivity contribution is 7.10. The Bertz CT molecular complexity index is 680. The number of carbonyl (C=O) groups is 2. The van der Waals surface area contributed by atoms with Gasteiger partial charge in [-0.25, -0.2) is 0 Å². The first kappa shape index (κ1) is 14.9. The van der Waals surface area contributed by atoms with Gasteiger partial charge in [0.1, 0.15) is 12.6 Å². The first-order valence-electron chi connectivity index (χ1n) is 6.91. The average Bonchev–Trinajstić information content (AvgIpc) is 3.24. The van der Waals surface area contributed by atoms with E-state index in [2.05, 4.69) is 0 Å². The molecule has 0 saturated heterocycles. The molecule has 2 heterocycles. The van der Waals surface area contributed by atoms with Crippen LogP contribution < -0.4 is 0 Å². The molecular weight excluding hydrogens is 312 g/mol. The van der Waals surface area contributed by atoms with Crippen molar-refractivity contribution in [2.75, 3.05) is 0 Å². The van der Waals surface area contributed by atoms with E-state index in [1.165, 1.54) is 0 Å². The van der Waals surface area contributed by atoms with Gasteiger partial charge in [0.05, 0.1) is 11.8 Å². The Kier molecular flexibility index (Phi) is 4.61. The smallest absolute Gasteiger partial charge is 0.132 e. The molecule has 0 aliphatic carbocycles. The molecule has 110 valence electrons. The third kappa shape index (κ3) is 2.80. The van der Waals surface area contributed by atoms with Gasteiger partial charge in [0.2, 0.25) is 0 Å². The summed E-state index contributed by atoms with van der Waals surface area (Å²) in [5, 5.41) is 3.93. The van der Waals surface area contributed by atoms with Crippen molar-refractivity contribution in [3.63, 3.8) is 0 Å². The highest BCUT2D eigenvalue weighted by atomic mass is 32.1. The van der Waals surface area contributed by atoms with E-state index < -0.39 is 0 Å². The van der Waals surface area contributed by atoms with Crippen LogP contribution in [0.25, 0.3) is 0 Å². The van der Waals surface area contributed by atoms with Crippen molar-refractivity contribution in [1.82, 2.24) is 0 Å². The van der Waals surface area contributed by atoms with Gasteiger partial charge in [0.25, 0.3) is 0 Å². The van der Waals surface area contributed by atoms with E-state index >= 15 is 0 Å². The summed E-state index contributed by atoms with van der Waals surface area (Å²) >= 11 is 3.12. The molecule has 0 spiro atoms. The average molecular weight is 326 g/mol. The third-order valence-electron chi connectivity index (χ3n) is 3.64. The monoisotopic (exact) mass is 326 g/mol. The van der Waals surface area contributed by atoms with E-state index in [0.717, 1.165) is 33.5 Å². The van der Waals surface area contributed by atoms with Crippen LogP contribution in [-0.4, -0.2) is 12.6 Å². The standard InChI is InChI=1S/C18H14O2S2/c19-11-15(17-7-3-9-21-17)13-5-1-2-6-14(13)16(12-20)18-8-4-10-22-18/h1-12,15-16H. The number of benzene rings is 1. The van der Waals surface area contributed by atoms with Crippen molar-refractivity contribution in [3.8, 4) is 0 Å². The van der Waals surface area contributed by atoms with E-state index in [4.69, 9.17) is 0 Å². The molecule has 22 heavy (non-hydrogen) atoms. The summed E-state index contributed by atoms with van der Waals surface area (Å²) in [6.45, 7) is 0. The predicted octanol–water partition coefficient (Wildman–Crippen LogP) is 4.47.